The Hall–Kier alpha value is -1.17. The van der Waals surface area contributed by atoms with Crippen molar-refractivity contribution in [3.8, 4) is 0 Å². The highest BCUT2D eigenvalue weighted by Crippen LogP contribution is 2.31. The summed E-state index contributed by atoms with van der Waals surface area (Å²) < 4.78 is 1.98. The zero-order valence-electron chi connectivity index (χ0n) is 12.5. The molecule has 1 N–H and O–H groups in total. The Labute approximate surface area is 125 Å². The van der Waals surface area contributed by atoms with Crippen LogP contribution >= 0.6 is 11.8 Å². The summed E-state index contributed by atoms with van der Waals surface area (Å²) in [5, 5.41) is 3.65. The van der Waals surface area contributed by atoms with Gasteiger partial charge < -0.3 is 14.8 Å². The lowest BCUT2D eigenvalue weighted by atomic mass is 10.2. The summed E-state index contributed by atoms with van der Waals surface area (Å²) in [4.78, 5) is 18.2. The Bertz CT molecular complexity index is 423. The first-order valence-corrected chi connectivity index (χ1v) is 8.42. The molecule has 1 aromatic heterocycles. The van der Waals surface area contributed by atoms with Crippen LogP contribution in [0.25, 0.3) is 0 Å². The maximum Gasteiger partial charge on any atom is 0.317 e. The fraction of sp³-hybridized carbons (Fsp3) is 0.714. The average molecular weight is 296 g/mol. The zero-order valence-corrected chi connectivity index (χ0v) is 13.3. The lowest BCUT2D eigenvalue weighted by Crippen LogP contribution is -2.49. The van der Waals surface area contributed by atoms with E-state index in [9.17, 15) is 4.79 Å². The first-order valence-electron chi connectivity index (χ1n) is 7.13. The molecular formula is C14H24N4OS. The van der Waals surface area contributed by atoms with Crippen molar-refractivity contribution < 1.29 is 4.79 Å². The number of hydrogen-bond acceptors (Lipinski definition) is 3. The Morgan fingerprint density at radius 3 is 3.05 bits per heavy atom. The van der Waals surface area contributed by atoms with E-state index in [1.54, 1.807) is 12.5 Å². The van der Waals surface area contributed by atoms with Gasteiger partial charge in [-0.25, -0.2) is 9.78 Å². The molecule has 6 heteroatoms. The highest BCUT2D eigenvalue weighted by Gasteiger charge is 2.32. The van der Waals surface area contributed by atoms with Crippen molar-refractivity contribution in [1.29, 1.82) is 0 Å². The summed E-state index contributed by atoms with van der Waals surface area (Å²) in [7, 11) is 1.92. The predicted molar refractivity (Wildman–Crippen MR) is 82.9 cm³/mol. The van der Waals surface area contributed by atoms with Crippen LogP contribution in [0.4, 0.5) is 4.79 Å². The third-order valence-corrected chi connectivity index (χ3v) is 5.11. The largest absolute Gasteiger partial charge is 0.335 e. The minimum atomic E-state index is 0.0311. The summed E-state index contributed by atoms with van der Waals surface area (Å²) in [5.74, 6) is 0. The number of carbonyl (C=O) groups is 1. The van der Waals surface area contributed by atoms with Crippen molar-refractivity contribution in [3.63, 3.8) is 0 Å². The zero-order chi connectivity index (χ0) is 14.5. The number of nitrogens with one attached hydrogen (secondary N) is 1. The van der Waals surface area contributed by atoms with Crippen LogP contribution in [-0.4, -0.2) is 51.1 Å². The van der Waals surface area contributed by atoms with Crippen molar-refractivity contribution in [2.24, 2.45) is 0 Å². The van der Waals surface area contributed by atoms with Crippen molar-refractivity contribution in [3.05, 3.63) is 18.7 Å². The van der Waals surface area contributed by atoms with E-state index in [0.717, 1.165) is 13.0 Å². The molecule has 0 aromatic carbocycles. The van der Waals surface area contributed by atoms with Gasteiger partial charge in [0.1, 0.15) is 0 Å². The number of urea groups is 1. The molecule has 2 amide bonds. The molecule has 0 saturated heterocycles. The van der Waals surface area contributed by atoms with Gasteiger partial charge >= 0.3 is 6.03 Å². The van der Waals surface area contributed by atoms with Crippen LogP contribution in [0.2, 0.25) is 0 Å². The molecule has 112 valence electrons. The number of hydrogen-bond donors (Lipinski definition) is 1. The normalized spacial score (nSPS) is 23.6. The molecule has 0 radical (unpaired) electrons. The highest BCUT2D eigenvalue weighted by molar-refractivity contribution is 7.99. The molecule has 0 unspecified atom stereocenters. The van der Waals surface area contributed by atoms with Crippen LogP contribution in [0.5, 0.6) is 0 Å². The maximum atomic E-state index is 12.3. The summed E-state index contributed by atoms with van der Waals surface area (Å²) in [5.41, 5.74) is 0. The van der Waals surface area contributed by atoms with E-state index in [-0.39, 0.29) is 12.1 Å². The quantitative estimate of drug-likeness (QED) is 0.906. The van der Waals surface area contributed by atoms with Gasteiger partial charge in [0.05, 0.1) is 6.33 Å². The molecule has 0 aliphatic heterocycles. The van der Waals surface area contributed by atoms with Crippen molar-refractivity contribution in [1.82, 2.24) is 19.8 Å². The molecule has 1 heterocycles. The highest BCUT2D eigenvalue weighted by atomic mass is 32.2. The van der Waals surface area contributed by atoms with E-state index in [2.05, 4.69) is 16.6 Å². The van der Waals surface area contributed by atoms with Crippen LogP contribution in [-0.2, 0) is 6.54 Å². The average Bonchev–Trinajstić information content (AvgIpc) is 3.07. The van der Waals surface area contributed by atoms with Gasteiger partial charge in [-0.1, -0.05) is 6.42 Å². The van der Waals surface area contributed by atoms with E-state index in [0.29, 0.717) is 11.3 Å². The summed E-state index contributed by atoms with van der Waals surface area (Å²) in [6.45, 7) is 2.77. The van der Waals surface area contributed by atoms with Gasteiger partial charge in [-0.05, 0) is 26.0 Å². The lowest BCUT2D eigenvalue weighted by molar-refractivity contribution is 0.187. The molecule has 1 aromatic rings. The Morgan fingerprint density at radius 1 is 1.60 bits per heavy atom. The smallest absolute Gasteiger partial charge is 0.317 e. The van der Waals surface area contributed by atoms with Crippen LogP contribution in [0, 0.1) is 0 Å². The number of carbonyl (C=O) groups excluding carboxylic acids is 1. The van der Waals surface area contributed by atoms with Gasteiger partial charge in [0.15, 0.2) is 0 Å². The summed E-state index contributed by atoms with van der Waals surface area (Å²) in [6.07, 6.45) is 11.1. The Morgan fingerprint density at radius 2 is 2.40 bits per heavy atom. The van der Waals surface area contributed by atoms with E-state index in [4.69, 9.17) is 0 Å². The molecule has 5 nitrogen and oxygen atoms in total. The SMILES string of the molecule is CS[C@@H]1CCC[C@@H]1N(C)C(=O)N[C@H](C)Cn1ccnc1. The van der Waals surface area contributed by atoms with Crippen LogP contribution in [0.3, 0.4) is 0 Å². The predicted octanol–water partition coefficient (Wildman–Crippen LogP) is 2.20. The standard InChI is InChI=1S/C14H24N4OS/c1-11(9-18-8-7-15-10-18)16-14(19)17(2)12-5-4-6-13(12)20-3/h7-8,10-13H,4-6,9H2,1-3H3,(H,16,19)/t11-,12+,13-/m1/s1. The van der Waals surface area contributed by atoms with Crippen molar-refractivity contribution >= 4 is 17.8 Å². The Balaban J connectivity index is 1.84. The van der Waals surface area contributed by atoms with Crippen LogP contribution in [0.15, 0.2) is 18.7 Å². The maximum absolute atomic E-state index is 12.3. The topological polar surface area (TPSA) is 50.2 Å². The molecule has 3 atom stereocenters. The first-order chi connectivity index (χ1) is 9.61. The molecule has 0 bridgehead atoms. The van der Waals surface area contributed by atoms with E-state index < -0.39 is 0 Å². The Kier molecular flexibility index (Phi) is 5.34. The molecular weight excluding hydrogens is 272 g/mol. The fourth-order valence-electron chi connectivity index (χ4n) is 2.84. The summed E-state index contributed by atoms with van der Waals surface area (Å²) in [6, 6.07) is 0.488. The number of nitrogens with zero attached hydrogens (tertiary/aromatic N) is 3. The molecule has 20 heavy (non-hydrogen) atoms. The van der Waals surface area contributed by atoms with Crippen molar-refractivity contribution in [2.45, 2.75) is 50.1 Å². The van der Waals surface area contributed by atoms with Gasteiger partial charge in [0.2, 0.25) is 0 Å². The van der Waals surface area contributed by atoms with E-state index >= 15 is 0 Å². The second-order valence-corrected chi connectivity index (χ2v) is 6.57. The second kappa shape index (κ2) is 7.02. The molecule has 1 aliphatic carbocycles. The number of rotatable bonds is 5. The fourth-order valence-corrected chi connectivity index (χ4v) is 3.88. The van der Waals surface area contributed by atoms with Gasteiger partial charge in [-0.2, -0.15) is 11.8 Å². The second-order valence-electron chi connectivity index (χ2n) is 5.49. The molecule has 1 fully saturated rings. The van der Waals surface area contributed by atoms with Gasteiger partial charge in [-0.3, -0.25) is 0 Å². The third kappa shape index (κ3) is 3.69. The molecule has 0 spiro atoms. The first kappa shape index (κ1) is 15.2. The molecule has 2 rings (SSSR count). The van der Waals surface area contributed by atoms with Crippen LogP contribution < -0.4 is 5.32 Å². The van der Waals surface area contributed by atoms with Gasteiger partial charge in [0, 0.05) is 43.3 Å². The van der Waals surface area contributed by atoms with Gasteiger partial charge in [-0.15, -0.1) is 0 Å². The number of aromatic nitrogens is 2. The lowest BCUT2D eigenvalue weighted by Gasteiger charge is -2.30. The third-order valence-electron chi connectivity index (χ3n) is 3.95. The molecule has 1 saturated carbocycles. The monoisotopic (exact) mass is 296 g/mol. The van der Waals surface area contributed by atoms with Crippen LogP contribution in [0.1, 0.15) is 26.2 Å². The molecule has 1 aliphatic rings. The number of imidazole rings is 1. The summed E-state index contributed by atoms with van der Waals surface area (Å²) >= 11 is 1.87. The van der Waals surface area contributed by atoms with Gasteiger partial charge in [0.25, 0.3) is 0 Å². The van der Waals surface area contributed by atoms with Crippen molar-refractivity contribution in [2.75, 3.05) is 13.3 Å². The minimum absolute atomic E-state index is 0.0311. The minimum Gasteiger partial charge on any atom is -0.335 e. The van der Waals surface area contributed by atoms with E-state index in [1.165, 1.54) is 12.8 Å². The van der Waals surface area contributed by atoms with E-state index in [1.807, 2.05) is 41.4 Å². The number of thioether (sulfide) groups is 1. The number of amides is 2.